The van der Waals surface area contributed by atoms with Crippen molar-refractivity contribution in [2.75, 3.05) is 25.0 Å². The standard InChI is InChI=1S/C12H14N4O/c13-8-11-9-14-6-7-16(11)12(17)15-10-4-2-1-3-5-10/h1-5,11,14H,6-7,9H2,(H,15,17). The molecule has 5 heteroatoms. The van der Waals surface area contributed by atoms with Gasteiger partial charge in [0.1, 0.15) is 6.04 Å². The molecule has 1 aliphatic heterocycles. The van der Waals surface area contributed by atoms with Gasteiger partial charge in [0, 0.05) is 25.3 Å². The van der Waals surface area contributed by atoms with Crippen molar-refractivity contribution in [3.63, 3.8) is 0 Å². The summed E-state index contributed by atoms with van der Waals surface area (Å²) >= 11 is 0. The Hall–Kier alpha value is -2.06. The van der Waals surface area contributed by atoms with E-state index in [1.165, 1.54) is 0 Å². The van der Waals surface area contributed by atoms with Crippen molar-refractivity contribution in [2.45, 2.75) is 6.04 Å². The van der Waals surface area contributed by atoms with Crippen LogP contribution in [0.4, 0.5) is 10.5 Å². The molecule has 1 heterocycles. The maximum absolute atomic E-state index is 12.0. The van der Waals surface area contributed by atoms with Gasteiger partial charge in [-0.05, 0) is 12.1 Å². The van der Waals surface area contributed by atoms with E-state index >= 15 is 0 Å². The molecule has 0 aliphatic carbocycles. The van der Waals surface area contributed by atoms with Gasteiger partial charge >= 0.3 is 6.03 Å². The summed E-state index contributed by atoms with van der Waals surface area (Å²) in [5, 5.41) is 14.8. The number of anilines is 1. The van der Waals surface area contributed by atoms with Crippen molar-refractivity contribution in [3.8, 4) is 6.07 Å². The Bertz CT molecular complexity index is 426. The molecule has 0 aromatic heterocycles. The van der Waals surface area contributed by atoms with E-state index in [0.29, 0.717) is 13.1 Å². The van der Waals surface area contributed by atoms with Crippen molar-refractivity contribution >= 4 is 11.7 Å². The number of carbonyl (C=O) groups excluding carboxylic acids is 1. The fraction of sp³-hybridized carbons (Fsp3) is 0.333. The zero-order valence-electron chi connectivity index (χ0n) is 9.39. The molecule has 0 radical (unpaired) electrons. The van der Waals surface area contributed by atoms with Crippen LogP contribution in [-0.2, 0) is 0 Å². The molecule has 0 bridgehead atoms. The molecule has 2 N–H and O–H groups in total. The van der Waals surface area contributed by atoms with Gasteiger partial charge in [-0.25, -0.2) is 4.79 Å². The van der Waals surface area contributed by atoms with E-state index in [4.69, 9.17) is 5.26 Å². The first kappa shape index (κ1) is 11.4. The van der Waals surface area contributed by atoms with Crippen LogP contribution < -0.4 is 10.6 Å². The van der Waals surface area contributed by atoms with Crippen LogP contribution in [0.15, 0.2) is 30.3 Å². The van der Waals surface area contributed by atoms with Gasteiger partial charge < -0.3 is 15.5 Å². The summed E-state index contributed by atoms with van der Waals surface area (Å²) in [5.74, 6) is 0. The highest BCUT2D eigenvalue weighted by Crippen LogP contribution is 2.09. The molecule has 5 nitrogen and oxygen atoms in total. The molecule has 1 aromatic carbocycles. The quantitative estimate of drug-likeness (QED) is 0.756. The minimum atomic E-state index is -0.396. The summed E-state index contributed by atoms with van der Waals surface area (Å²) in [6, 6.07) is 10.8. The molecule has 1 saturated heterocycles. The van der Waals surface area contributed by atoms with Crippen LogP contribution in [-0.4, -0.2) is 36.6 Å². The van der Waals surface area contributed by atoms with Gasteiger partial charge in [-0.1, -0.05) is 18.2 Å². The van der Waals surface area contributed by atoms with Gasteiger partial charge in [0.05, 0.1) is 6.07 Å². The minimum Gasteiger partial charge on any atom is -0.312 e. The monoisotopic (exact) mass is 230 g/mol. The molecule has 17 heavy (non-hydrogen) atoms. The fourth-order valence-electron chi connectivity index (χ4n) is 1.78. The van der Waals surface area contributed by atoms with Crippen LogP contribution in [0.2, 0.25) is 0 Å². The number of hydrogen-bond acceptors (Lipinski definition) is 3. The van der Waals surface area contributed by atoms with Crippen LogP contribution in [0.3, 0.4) is 0 Å². The Balaban J connectivity index is 2.02. The number of hydrogen-bond donors (Lipinski definition) is 2. The van der Waals surface area contributed by atoms with Crippen LogP contribution in [0, 0.1) is 11.3 Å². The molecule has 0 saturated carbocycles. The average Bonchev–Trinajstić information content (AvgIpc) is 2.40. The van der Waals surface area contributed by atoms with Gasteiger partial charge in [0.2, 0.25) is 0 Å². The van der Waals surface area contributed by atoms with E-state index in [2.05, 4.69) is 16.7 Å². The van der Waals surface area contributed by atoms with Crippen molar-refractivity contribution in [1.29, 1.82) is 5.26 Å². The van der Waals surface area contributed by atoms with Crippen LogP contribution >= 0.6 is 0 Å². The number of benzene rings is 1. The van der Waals surface area contributed by atoms with Crippen LogP contribution in [0.25, 0.3) is 0 Å². The van der Waals surface area contributed by atoms with Gasteiger partial charge in [-0.3, -0.25) is 0 Å². The minimum absolute atomic E-state index is 0.218. The SMILES string of the molecule is N#CC1CNCCN1C(=O)Nc1ccccc1. The Labute approximate surface area is 100 Å². The predicted molar refractivity (Wildman–Crippen MR) is 64.4 cm³/mol. The highest BCUT2D eigenvalue weighted by atomic mass is 16.2. The molecule has 2 amide bonds. The number of piperazine rings is 1. The molecule has 1 aliphatic rings. The first-order chi connectivity index (χ1) is 8.31. The van der Waals surface area contributed by atoms with E-state index in [1.807, 2.05) is 30.3 Å². The normalized spacial score (nSPS) is 19.5. The van der Waals surface area contributed by atoms with E-state index < -0.39 is 6.04 Å². The second kappa shape index (κ2) is 5.32. The van der Waals surface area contributed by atoms with E-state index in [1.54, 1.807) is 4.90 Å². The van der Waals surface area contributed by atoms with Crippen molar-refractivity contribution in [1.82, 2.24) is 10.2 Å². The zero-order chi connectivity index (χ0) is 12.1. The lowest BCUT2D eigenvalue weighted by atomic mass is 10.2. The number of urea groups is 1. The lowest BCUT2D eigenvalue weighted by Crippen LogP contribution is -2.54. The highest BCUT2D eigenvalue weighted by molar-refractivity contribution is 5.89. The number of nitrogens with zero attached hydrogens (tertiary/aromatic N) is 2. The van der Waals surface area contributed by atoms with Gasteiger partial charge in [0.15, 0.2) is 0 Å². The smallest absolute Gasteiger partial charge is 0.312 e. The second-order valence-electron chi connectivity index (χ2n) is 3.84. The largest absolute Gasteiger partial charge is 0.323 e. The van der Waals surface area contributed by atoms with Crippen molar-refractivity contribution in [2.24, 2.45) is 0 Å². The molecule has 2 rings (SSSR count). The number of nitriles is 1. The summed E-state index contributed by atoms with van der Waals surface area (Å²) in [6.45, 7) is 1.80. The van der Waals surface area contributed by atoms with E-state index in [-0.39, 0.29) is 6.03 Å². The third kappa shape index (κ3) is 2.74. The van der Waals surface area contributed by atoms with E-state index in [0.717, 1.165) is 12.2 Å². The summed E-state index contributed by atoms with van der Waals surface area (Å²) < 4.78 is 0. The van der Waals surface area contributed by atoms with Crippen LogP contribution in [0.1, 0.15) is 0 Å². The Morgan fingerprint density at radius 2 is 2.24 bits per heavy atom. The number of para-hydroxylation sites is 1. The zero-order valence-corrected chi connectivity index (χ0v) is 9.39. The Kier molecular flexibility index (Phi) is 3.58. The fourth-order valence-corrected chi connectivity index (χ4v) is 1.78. The molecule has 1 unspecified atom stereocenters. The molecule has 1 fully saturated rings. The maximum atomic E-state index is 12.0. The van der Waals surface area contributed by atoms with Crippen molar-refractivity contribution < 1.29 is 4.79 Å². The molecule has 1 atom stereocenters. The predicted octanol–water partition coefficient (Wildman–Crippen LogP) is 1.02. The third-order valence-corrected chi connectivity index (χ3v) is 2.68. The third-order valence-electron chi connectivity index (χ3n) is 2.68. The molecule has 88 valence electrons. The Morgan fingerprint density at radius 3 is 2.94 bits per heavy atom. The van der Waals surface area contributed by atoms with E-state index in [9.17, 15) is 4.79 Å². The molecule has 0 spiro atoms. The average molecular weight is 230 g/mol. The number of carbonyl (C=O) groups is 1. The van der Waals surface area contributed by atoms with Crippen molar-refractivity contribution in [3.05, 3.63) is 30.3 Å². The molecular formula is C12H14N4O. The first-order valence-corrected chi connectivity index (χ1v) is 5.54. The summed E-state index contributed by atoms with van der Waals surface area (Å²) in [6.07, 6.45) is 0. The summed E-state index contributed by atoms with van der Waals surface area (Å²) in [4.78, 5) is 13.5. The van der Waals surface area contributed by atoms with Crippen LogP contribution in [0.5, 0.6) is 0 Å². The van der Waals surface area contributed by atoms with Gasteiger partial charge in [-0.2, -0.15) is 5.26 Å². The molecule has 1 aromatic rings. The lowest BCUT2D eigenvalue weighted by molar-refractivity contribution is 0.188. The van der Waals surface area contributed by atoms with Gasteiger partial charge in [-0.15, -0.1) is 0 Å². The highest BCUT2D eigenvalue weighted by Gasteiger charge is 2.26. The topological polar surface area (TPSA) is 68.2 Å². The first-order valence-electron chi connectivity index (χ1n) is 5.54. The summed E-state index contributed by atoms with van der Waals surface area (Å²) in [5.41, 5.74) is 0.743. The second-order valence-corrected chi connectivity index (χ2v) is 3.84. The molecular weight excluding hydrogens is 216 g/mol. The number of amides is 2. The number of rotatable bonds is 1. The Morgan fingerprint density at radius 1 is 1.47 bits per heavy atom. The number of nitrogens with one attached hydrogen (secondary N) is 2. The summed E-state index contributed by atoms with van der Waals surface area (Å²) in [7, 11) is 0. The lowest BCUT2D eigenvalue weighted by Gasteiger charge is -2.31. The maximum Gasteiger partial charge on any atom is 0.323 e. The van der Waals surface area contributed by atoms with Gasteiger partial charge in [0.25, 0.3) is 0 Å².